The van der Waals surface area contributed by atoms with Crippen LogP contribution < -0.4 is 0 Å². The molecule has 1 aromatic heterocycles. The molecule has 3 aromatic carbocycles. The Morgan fingerprint density at radius 1 is 0.833 bits per heavy atom. The van der Waals surface area contributed by atoms with Crippen molar-refractivity contribution in [3.8, 4) is 5.69 Å². The Kier molecular flexibility index (Phi) is 4.94. The highest BCUT2D eigenvalue weighted by Gasteiger charge is 2.24. The molecular weight excluding hydrogens is 376 g/mol. The largest absolute Gasteiger partial charge is 0.336 e. The molecule has 2 heterocycles. The number of amides is 1. The first-order valence-electron chi connectivity index (χ1n) is 10.1. The lowest BCUT2D eigenvalue weighted by molar-refractivity contribution is 0.0626. The number of fused-ring (bicyclic) bond motifs is 1. The van der Waals surface area contributed by atoms with Crippen molar-refractivity contribution in [2.24, 2.45) is 0 Å². The number of para-hydroxylation sites is 1. The molecule has 0 saturated carbocycles. The second-order valence-corrected chi connectivity index (χ2v) is 7.44. The maximum absolute atomic E-state index is 13.1. The van der Waals surface area contributed by atoms with Crippen molar-refractivity contribution in [2.75, 3.05) is 26.2 Å². The minimum atomic E-state index is 0.0977. The smallest absolute Gasteiger partial charge is 0.254 e. The molecule has 1 aliphatic heterocycles. The molecule has 0 radical (unpaired) electrons. The van der Waals surface area contributed by atoms with Gasteiger partial charge >= 0.3 is 0 Å². The SMILES string of the molecule is O=C(c1cccc2ccccc12)N1CCN(Cc2nnnn2-c2ccccc2)CC1. The summed E-state index contributed by atoms with van der Waals surface area (Å²) in [7, 11) is 0. The lowest BCUT2D eigenvalue weighted by Gasteiger charge is -2.34. The third-order valence-electron chi connectivity index (χ3n) is 5.58. The van der Waals surface area contributed by atoms with Crippen LogP contribution in [0.3, 0.4) is 0 Å². The number of rotatable bonds is 4. The van der Waals surface area contributed by atoms with Gasteiger partial charge in [0.25, 0.3) is 5.91 Å². The molecular formula is C23H22N6O. The normalized spacial score (nSPS) is 14.9. The average Bonchev–Trinajstić information content (AvgIpc) is 3.27. The van der Waals surface area contributed by atoms with E-state index in [1.807, 2.05) is 77.7 Å². The van der Waals surface area contributed by atoms with Gasteiger partial charge in [-0.2, -0.15) is 4.68 Å². The zero-order valence-corrected chi connectivity index (χ0v) is 16.6. The van der Waals surface area contributed by atoms with Crippen molar-refractivity contribution in [1.29, 1.82) is 0 Å². The summed E-state index contributed by atoms with van der Waals surface area (Å²) in [5.74, 6) is 0.899. The number of hydrogen-bond acceptors (Lipinski definition) is 5. The number of hydrogen-bond donors (Lipinski definition) is 0. The molecule has 1 aliphatic rings. The lowest BCUT2D eigenvalue weighted by Crippen LogP contribution is -2.48. The van der Waals surface area contributed by atoms with Gasteiger partial charge in [-0.05, 0) is 39.4 Å². The number of nitrogens with zero attached hydrogens (tertiary/aromatic N) is 6. The van der Waals surface area contributed by atoms with E-state index in [1.54, 1.807) is 4.68 Å². The fourth-order valence-corrected chi connectivity index (χ4v) is 3.97. The van der Waals surface area contributed by atoms with Crippen LogP contribution in [0.2, 0.25) is 0 Å². The van der Waals surface area contributed by atoms with Crippen LogP contribution in [0.1, 0.15) is 16.2 Å². The van der Waals surface area contributed by atoms with E-state index in [9.17, 15) is 4.79 Å². The molecule has 0 N–H and O–H groups in total. The van der Waals surface area contributed by atoms with Gasteiger partial charge in [0.2, 0.25) is 0 Å². The van der Waals surface area contributed by atoms with Crippen LogP contribution in [-0.4, -0.2) is 62.1 Å². The highest BCUT2D eigenvalue weighted by molar-refractivity contribution is 6.07. The fraction of sp³-hybridized carbons (Fsp3) is 0.217. The molecule has 1 saturated heterocycles. The van der Waals surface area contributed by atoms with Gasteiger partial charge in [-0.15, -0.1) is 5.10 Å². The lowest BCUT2D eigenvalue weighted by atomic mass is 10.0. The van der Waals surface area contributed by atoms with E-state index in [2.05, 4.69) is 20.4 Å². The number of carbonyl (C=O) groups is 1. The maximum atomic E-state index is 13.1. The van der Waals surface area contributed by atoms with E-state index in [0.717, 1.165) is 40.9 Å². The first kappa shape index (κ1) is 18.4. The Morgan fingerprint density at radius 2 is 1.57 bits per heavy atom. The molecule has 0 unspecified atom stereocenters. The number of benzene rings is 3. The van der Waals surface area contributed by atoms with Crippen LogP contribution in [0.25, 0.3) is 16.5 Å². The highest BCUT2D eigenvalue weighted by atomic mass is 16.2. The average molecular weight is 398 g/mol. The van der Waals surface area contributed by atoms with E-state index in [-0.39, 0.29) is 5.91 Å². The molecule has 7 heteroatoms. The number of piperazine rings is 1. The summed E-state index contributed by atoms with van der Waals surface area (Å²) in [6, 6.07) is 23.8. The van der Waals surface area contributed by atoms with Gasteiger partial charge in [-0.25, -0.2) is 0 Å². The molecule has 4 aromatic rings. The van der Waals surface area contributed by atoms with Crippen molar-refractivity contribution in [3.63, 3.8) is 0 Å². The van der Waals surface area contributed by atoms with E-state index in [1.165, 1.54) is 0 Å². The molecule has 7 nitrogen and oxygen atoms in total. The van der Waals surface area contributed by atoms with Crippen LogP contribution in [0, 0.1) is 0 Å². The Balaban J connectivity index is 1.26. The molecule has 1 amide bonds. The highest BCUT2D eigenvalue weighted by Crippen LogP contribution is 2.21. The van der Waals surface area contributed by atoms with E-state index >= 15 is 0 Å². The molecule has 5 rings (SSSR count). The quantitative estimate of drug-likeness (QED) is 0.529. The predicted molar refractivity (Wildman–Crippen MR) is 114 cm³/mol. The van der Waals surface area contributed by atoms with Crippen molar-refractivity contribution in [1.82, 2.24) is 30.0 Å². The predicted octanol–water partition coefficient (Wildman–Crippen LogP) is 2.77. The van der Waals surface area contributed by atoms with Crippen LogP contribution in [0.4, 0.5) is 0 Å². The van der Waals surface area contributed by atoms with Crippen LogP contribution >= 0.6 is 0 Å². The third kappa shape index (κ3) is 3.55. The van der Waals surface area contributed by atoms with E-state index in [4.69, 9.17) is 0 Å². The molecule has 0 atom stereocenters. The monoisotopic (exact) mass is 398 g/mol. The Labute approximate surface area is 174 Å². The first-order chi connectivity index (χ1) is 14.8. The minimum Gasteiger partial charge on any atom is -0.336 e. The van der Waals surface area contributed by atoms with Gasteiger partial charge in [-0.1, -0.05) is 54.6 Å². The summed E-state index contributed by atoms with van der Waals surface area (Å²) < 4.78 is 1.77. The van der Waals surface area contributed by atoms with Crippen molar-refractivity contribution in [2.45, 2.75) is 6.54 Å². The number of tetrazole rings is 1. The summed E-state index contributed by atoms with van der Waals surface area (Å²) in [6.45, 7) is 3.61. The van der Waals surface area contributed by atoms with Crippen LogP contribution in [0.15, 0.2) is 72.8 Å². The fourth-order valence-electron chi connectivity index (χ4n) is 3.97. The summed E-state index contributed by atoms with van der Waals surface area (Å²) in [6.07, 6.45) is 0. The van der Waals surface area contributed by atoms with Crippen LogP contribution in [0.5, 0.6) is 0 Å². The van der Waals surface area contributed by atoms with Gasteiger partial charge in [-0.3, -0.25) is 9.69 Å². The maximum Gasteiger partial charge on any atom is 0.254 e. The van der Waals surface area contributed by atoms with E-state index < -0.39 is 0 Å². The molecule has 0 spiro atoms. The minimum absolute atomic E-state index is 0.0977. The summed E-state index contributed by atoms with van der Waals surface area (Å²) >= 11 is 0. The second-order valence-electron chi connectivity index (χ2n) is 7.44. The van der Waals surface area contributed by atoms with Crippen molar-refractivity contribution in [3.05, 3.63) is 84.2 Å². The molecule has 150 valence electrons. The van der Waals surface area contributed by atoms with Crippen LogP contribution in [-0.2, 0) is 6.54 Å². The van der Waals surface area contributed by atoms with Gasteiger partial charge in [0.15, 0.2) is 5.82 Å². The zero-order valence-electron chi connectivity index (χ0n) is 16.6. The van der Waals surface area contributed by atoms with Gasteiger partial charge in [0, 0.05) is 31.7 Å². The Bertz CT molecular complexity index is 1160. The first-order valence-corrected chi connectivity index (χ1v) is 10.1. The number of carbonyl (C=O) groups excluding carboxylic acids is 1. The summed E-state index contributed by atoms with van der Waals surface area (Å²) in [5, 5.41) is 14.3. The Morgan fingerprint density at radius 3 is 2.40 bits per heavy atom. The zero-order chi connectivity index (χ0) is 20.3. The van der Waals surface area contributed by atoms with Crippen molar-refractivity contribution < 1.29 is 4.79 Å². The Hall–Kier alpha value is -3.58. The standard InChI is InChI=1S/C23H22N6O/c30-23(21-12-6-8-18-7-4-5-11-20(18)21)28-15-13-27(14-16-28)17-22-24-25-26-29(22)19-9-2-1-3-10-19/h1-12H,13-17H2. The van der Waals surface area contributed by atoms with Gasteiger partial charge in [0.1, 0.15) is 0 Å². The molecule has 30 heavy (non-hydrogen) atoms. The van der Waals surface area contributed by atoms with E-state index in [0.29, 0.717) is 19.6 Å². The van der Waals surface area contributed by atoms with Gasteiger partial charge in [0.05, 0.1) is 12.2 Å². The molecule has 1 fully saturated rings. The third-order valence-corrected chi connectivity index (χ3v) is 5.58. The number of aromatic nitrogens is 4. The van der Waals surface area contributed by atoms with Crippen molar-refractivity contribution >= 4 is 16.7 Å². The molecule has 0 bridgehead atoms. The summed E-state index contributed by atoms with van der Waals surface area (Å²) in [5.41, 5.74) is 1.72. The van der Waals surface area contributed by atoms with Gasteiger partial charge < -0.3 is 4.90 Å². The summed E-state index contributed by atoms with van der Waals surface area (Å²) in [4.78, 5) is 17.4. The molecule has 0 aliphatic carbocycles. The topological polar surface area (TPSA) is 67.2 Å². The second kappa shape index (κ2) is 8.04.